The van der Waals surface area contributed by atoms with E-state index in [1.54, 1.807) is 22.8 Å². The second kappa shape index (κ2) is 5.35. The second-order valence-corrected chi connectivity index (χ2v) is 4.88. The number of nitrogens with zero attached hydrogens (tertiary/aromatic N) is 5. The average molecular weight is 284 g/mol. The van der Waals surface area contributed by atoms with Gasteiger partial charge < -0.3 is 5.32 Å². The van der Waals surface area contributed by atoms with Gasteiger partial charge in [0, 0.05) is 24.0 Å². The lowest BCUT2D eigenvalue weighted by Crippen LogP contribution is -2.27. The van der Waals surface area contributed by atoms with E-state index < -0.39 is 0 Å². The van der Waals surface area contributed by atoms with Gasteiger partial charge in [-0.15, -0.1) is 0 Å². The predicted molar refractivity (Wildman–Crippen MR) is 77.0 cm³/mol. The number of carbonyl (C=O) groups excluding carboxylic acids is 1. The Labute approximate surface area is 121 Å². The van der Waals surface area contributed by atoms with Crippen LogP contribution >= 0.6 is 0 Å². The molecule has 0 bridgehead atoms. The summed E-state index contributed by atoms with van der Waals surface area (Å²) in [4.78, 5) is 16.2. The van der Waals surface area contributed by atoms with Gasteiger partial charge in [0.05, 0.1) is 12.2 Å². The van der Waals surface area contributed by atoms with Gasteiger partial charge in [0.2, 0.25) is 0 Å². The highest BCUT2D eigenvalue weighted by molar-refractivity contribution is 5.94. The number of hydrogen-bond donors (Lipinski definition) is 1. The van der Waals surface area contributed by atoms with Crippen molar-refractivity contribution in [3.8, 4) is 0 Å². The van der Waals surface area contributed by atoms with Gasteiger partial charge in [0.1, 0.15) is 6.33 Å². The first kappa shape index (κ1) is 13.3. The number of aromatic nitrogens is 5. The molecule has 21 heavy (non-hydrogen) atoms. The monoisotopic (exact) mass is 284 g/mol. The minimum absolute atomic E-state index is 0.123. The van der Waals surface area contributed by atoms with Crippen LogP contribution in [0.1, 0.15) is 21.7 Å². The number of hydrogen-bond acceptors (Lipinski definition) is 4. The van der Waals surface area contributed by atoms with E-state index in [1.807, 2.05) is 24.6 Å². The highest BCUT2D eigenvalue weighted by Gasteiger charge is 2.07. The molecule has 0 fully saturated rings. The summed E-state index contributed by atoms with van der Waals surface area (Å²) in [5, 5.41) is 11.2. The topological polar surface area (TPSA) is 77.1 Å². The lowest BCUT2D eigenvalue weighted by molar-refractivity contribution is 0.0952. The number of nitrogens with one attached hydrogen (secondary N) is 1. The summed E-state index contributed by atoms with van der Waals surface area (Å²) >= 11 is 0. The smallest absolute Gasteiger partial charge is 0.251 e. The summed E-state index contributed by atoms with van der Waals surface area (Å²) in [6.45, 7) is 5.13. The Morgan fingerprint density at radius 2 is 2.19 bits per heavy atom. The largest absolute Gasteiger partial charge is 0.350 e. The summed E-state index contributed by atoms with van der Waals surface area (Å²) in [5.74, 6) is -0.123. The Morgan fingerprint density at radius 3 is 2.95 bits per heavy atom. The van der Waals surface area contributed by atoms with Crippen molar-refractivity contribution in [3.05, 3.63) is 47.7 Å². The Bertz CT molecular complexity index is 788. The predicted octanol–water partition coefficient (Wildman–Crippen LogP) is 0.973. The number of pyridine rings is 1. The van der Waals surface area contributed by atoms with E-state index in [1.165, 1.54) is 6.33 Å². The van der Waals surface area contributed by atoms with Gasteiger partial charge in [-0.05, 0) is 32.0 Å². The zero-order valence-electron chi connectivity index (χ0n) is 11.9. The van der Waals surface area contributed by atoms with Crippen LogP contribution in [-0.4, -0.2) is 36.8 Å². The van der Waals surface area contributed by atoms with Crippen molar-refractivity contribution in [1.29, 1.82) is 0 Å². The molecule has 7 heteroatoms. The van der Waals surface area contributed by atoms with E-state index in [4.69, 9.17) is 0 Å². The molecule has 0 saturated heterocycles. The molecule has 0 radical (unpaired) electrons. The zero-order chi connectivity index (χ0) is 14.8. The third-order valence-corrected chi connectivity index (χ3v) is 3.26. The normalized spacial score (nSPS) is 11.0. The van der Waals surface area contributed by atoms with Crippen LogP contribution in [0.5, 0.6) is 0 Å². The fourth-order valence-corrected chi connectivity index (χ4v) is 2.24. The van der Waals surface area contributed by atoms with Crippen LogP contribution in [0.15, 0.2) is 30.7 Å². The number of aryl methyl sites for hydroxylation is 2. The zero-order valence-corrected chi connectivity index (χ0v) is 11.9. The third kappa shape index (κ3) is 2.76. The minimum Gasteiger partial charge on any atom is -0.350 e. The van der Waals surface area contributed by atoms with Crippen molar-refractivity contribution in [2.24, 2.45) is 0 Å². The number of amides is 1. The standard InChI is InChI=1S/C14H16N6O/c1-10-7-11(2)19(18-10)6-4-15-14(21)12-3-5-20-13(8-12)16-9-17-20/h3,5,7-9H,4,6H2,1-2H3,(H,15,21). The summed E-state index contributed by atoms with van der Waals surface area (Å²) in [7, 11) is 0. The molecule has 0 unspecified atom stereocenters. The van der Waals surface area contributed by atoms with Crippen LogP contribution in [0.4, 0.5) is 0 Å². The Kier molecular flexibility index (Phi) is 3.39. The number of carbonyl (C=O) groups is 1. The number of rotatable bonds is 4. The summed E-state index contributed by atoms with van der Waals surface area (Å²) in [6, 6.07) is 5.45. The van der Waals surface area contributed by atoms with Crippen molar-refractivity contribution >= 4 is 11.6 Å². The lowest BCUT2D eigenvalue weighted by Gasteiger charge is -2.07. The quantitative estimate of drug-likeness (QED) is 0.774. The molecule has 3 aromatic rings. The highest BCUT2D eigenvalue weighted by atomic mass is 16.1. The summed E-state index contributed by atoms with van der Waals surface area (Å²) in [5.41, 5.74) is 3.30. The molecule has 108 valence electrons. The van der Waals surface area contributed by atoms with Crippen LogP contribution in [0.25, 0.3) is 5.65 Å². The lowest BCUT2D eigenvalue weighted by atomic mass is 10.2. The van der Waals surface area contributed by atoms with E-state index >= 15 is 0 Å². The first-order valence-electron chi connectivity index (χ1n) is 6.72. The molecule has 7 nitrogen and oxygen atoms in total. The Hall–Kier alpha value is -2.70. The molecule has 0 aliphatic rings. The van der Waals surface area contributed by atoms with Gasteiger partial charge in [-0.25, -0.2) is 9.50 Å². The van der Waals surface area contributed by atoms with Crippen LogP contribution in [-0.2, 0) is 6.54 Å². The van der Waals surface area contributed by atoms with Gasteiger partial charge in [-0.3, -0.25) is 9.48 Å². The van der Waals surface area contributed by atoms with Crippen molar-refractivity contribution in [1.82, 2.24) is 29.7 Å². The maximum Gasteiger partial charge on any atom is 0.251 e. The molecule has 0 aliphatic heterocycles. The van der Waals surface area contributed by atoms with Gasteiger partial charge in [0.25, 0.3) is 5.91 Å². The van der Waals surface area contributed by atoms with Crippen molar-refractivity contribution in [3.63, 3.8) is 0 Å². The fourth-order valence-electron chi connectivity index (χ4n) is 2.24. The SMILES string of the molecule is Cc1cc(C)n(CCNC(=O)c2ccn3ncnc3c2)n1. The molecule has 0 aromatic carbocycles. The van der Waals surface area contributed by atoms with Crippen LogP contribution in [0.3, 0.4) is 0 Å². The highest BCUT2D eigenvalue weighted by Crippen LogP contribution is 2.04. The molecular formula is C14H16N6O. The average Bonchev–Trinajstić information content (AvgIpc) is 3.04. The van der Waals surface area contributed by atoms with Crippen LogP contribution in [0.2, 0.25) is 0 Å². The minimum atomic E-state index is -0.123. The van der Waals surface area contributed by atoms with E-state index in [0.29, 0.717) is 24.3 Å². The van der Waals surface area contributed by atoms with Crippen molar-refractivity contribution in [2.45, 2.75) is 20.4 Å². The van der Waals surface area contributed by atoms with Gasteiger partial charge in [-0.1, -0.05) is 0 Å². The molecule has 0 aliphatic carbocycles. The Balaban J connectivity index is 1.62. The molecule has 3 aromatic heterocycles. The maximum atomic E-state index is 12.1. The summed E-state index contributed by atoms with van der Waals surface area (Å²) < 4.78 is 3.50. The van der Waals surface area contributed by atoms with E-state index in [-0.39, 0.29) is 5.91 Å². The maximum absolute atomic E-state index is 12.1. The van der Waals surface area contributed by atoms with Crippen LogP contribution in [0, 0.1) is 13.8 Å². The van der Waals surface area contributed by atoms with E-state index in [9.17, 15) is 4.79 Å². The molecule has 1 amide bonds. The number of fused-ring (bicyclic) bond motifs is 1. The van der Waals surface area contributed by atoms with E-state index in [2.05, 4.69) is 20.5 Å². The van der Waals surface area contributed by atoms with Gasteiger partial charge in [-0.2, -0.15) is 10.2 Å². The fraction of sp³-hybridized carbons (Fsp3) is 0.286. The molecule has 0 atom stereocenters. The van der Waals surface area contributed by atoms with Crippen molar-refractivity contribution < 1.29 is 4.79 Å². The third-order valence-electron chi connectivity index (χ3n) is 3.26. The summed E-state index contributed by atoms with van der Waals surface area (Å²) in [6.07, 6.45) is 3.18. The van der Waals surface area contributed by atoms with Gasteiger partial charge >= 0.3 is 0 Å². The van der Waals surface area contributed by atoms with Crippen molar-refractivity contribution in [2.75, 3.05) is 6.54 Å². The molecule has 3 rings (SSSR count). The molecule has 0 spiro atoms. The van der Waals surface area contributed by atoms with Gasteiger partial charge in [0.15, 0.2) is 5.65 Å². The molecule has 1 N–H and O–H groups in total. The Morgan fingerprint density at radius 1 is 1.33 bits per heavy atom. The molecular weight excluding hydrogens is 268 g/mol. The first-order chi connectivity index (χ1) is 10.1. The second-order valence-electron chi connectivity index (χ2n) is 4.88. The molecule has 3 heterocycles. The molecule has 0 saturated carbocycles. The van der Waals surface area contributed by atoms with Crippen LogP contribution < -0.4 is 5.32 Å². The van der Waals surface area contributed by atoms with E-state index in [0.717, 1.165) is 11.4 Å². The first-order valence-corrected chi connectivity index (χ1v) is 6.72.